The van der Waals surface area contributed by atoms with Gasteiger partial charge in [0.25, 0.3) is 3.25 Å². The minimum Gasteiger partial charge on any atom is -0.287 e. The number of rotatable bonds is 1. The van der Waals surface area contributed by atoms with E-state index in [1.54, 1.807) is 6.07 Å². The van der Waals surface area contributed by atoms with Crippen LogP contribution < -0.4 is 0 Å². The number of hydrogen-bond acceptors (Lipinski definition) is 2. The van der Waals surface area contributed by atoms with Crippen molar-refractivity contribution in [2.45, 2.75) is 0 Å². The van der Waals surface area contributed by atoms with Gasteiger partial charge in [-0.2, -0.15) is 0 Å². The Morgan fingerprint density at radius 3 is 2.21 bits per heavy atom. The predicted molar refractivity (Wildman–Crippen MR) is 114 cm³/mol. The minimum atomic E-state index is -2.20. The molecule has 3 rings (SSSR count). The number of pyridine rings is 1. The molecule has 2 aromatic carbocycles. The molecule has 0 saturated heterocycles. The highest BCUT2D eigenvalue weighted by molar-refractivity contribution is 9.94. The van der Waals surface area contributed by atoms with Gasteiger partial charge < -0.3 is 0 Å². The zero-order valence-corrected chi connectivity index (χ0v) is 19.7. The van der Waals surface area contributed by atoms with E-state index < -0.39 is 9.07 Å². The van der Waals surface area contributed by atoms with Crippen LogP contribution in [0.5, 0.6) is 0 Å². The average Bonchev–Trinajstić information content (AvgIpc) is 2.50. The molecule has 3 aromatic rings. The van der Waals surface area contributed by atoms with Crippen LogP contribution in [-0.4, -0.2) is 4.98 Å². The molecule has 9 heteroatoms. The first-order valence-corrected chi connectivity index (χ1v) is 15.3. The van der Waals surface area contributed by atoms with Gasteiger partial charge >= 0.3 is 0 Å². The average molecular weight is 623 g/mol. The standard InChI is InChI=1S/C15H8BrClFN.Br3OP/c16-11-8-13(9-4-2-1-3-5-9)19-15-10(11)6-7-12(17)14(15)18;1-5(2,3)4/h1-8H;. The Morgan fingerprint density at radius 1 is 1.04 bits per heavy atom. The third-order valence-electron chi connectivity index (χ3n) is 2.89. The molecule has 0 aliphatic heterocycles. The van der Waals surface area contributed by atoms with Crippen molar-refractivity contribution in [2.75, 3.05) is 0 Å². The van der Waals surface area contributed by atoms with Gasteiger partial charge in [0, 0.05) is 61.9 Å². The van der Waals surface area contributed by atoms with E-state index in [1.807, 2.05) is 36.4 Å². The summed E-state index contributed by atoms with van der Waals surface area (Å²) in [4.78, 5) is 4.38. The summed E-state index contributed by atoms with van der Waals surface area (Å²) in [6.45, 7) is 0. The molecule has 2 nitrogen and oxygen atoms in total. The highest BCUT2D eigenvalue weighted by Gasteiger charge is 2.12. The number of nitrogens with zero attached hydrogens (tertiary/aromatic N) is 1. The summed E-state index contributed by atoms with van der Waals surface area (Å²) in [7, 11) is 0. The molecule has 0 radical (unpaired) electrons. The molecule has 0 saturated carbocycles. The quantitative estimate of drug-likeness (QED) is 0.254. The van der Waals surface area contributed by atoms with Gasteiger partial charge in [-0.25, -0.2) is 9.37 Å². The second kappa shape index (κ2) is 8.74. The summed E-state index contributed by atoms with van der Waals surface area (Å²) in [5, 5.41) is 0.790. The smallest absolute Gasteiger partial charge is 0.268 e. The Morgan fingerprint density at radius 2 is 1.62 bits per heavy atom. The minimum absolute atomic E-state index is 0.0807. The number of halogens is 6. The van der Waals surface area contributed by atoms with E-state index >= 15 is 0 Å². The first-order valence-electron chi connectivity index (χ1n) is 6.35. The van der Waals surface area contributed by atoms with Crippen molar-refractivity contribution in [1.82, 2.24) is 4.98 Å². The largest absolute Gasteiger partial charge is 0.287 e. The lowest BCUT2D eigenvalue weighted by Crippen LogP contribution is -1.90. The zero-order chi connectivity index (χ0) is 17.9. The van der Waals surface area contributed by atoms with Crippen molar-refractivity contribution in [1.29, 1.82) is 0 Å². The van der Waals surface area contributed by atoms with E-state index in [9.17, 15) is 8.96 Å². The molecule has 1 aromatic heterocycles. The van der Waals surface area contributed by atoms with Crippen molar-refractivity contribution >= 4 is 88.2 Å². The van der Waals surface area contributed by atoms with E-state index in [1.165, 1.54) is 6.07 Å². The maximum absolute atomic E-state index is 14.1. The normalized spacial score (nSPS) is 11.1. The molecular weight excluding hydrogens is 615 g/mol. The lowest BCUT2D eigenvalue weighted by atomic mass is 10.1. The molecule has 0 bridgehead atoms. The van der Waals surface area contributed by atoms with Gasteiger partial charge in [0.15, 0.2) is 5.82 Å². The Hall–Kier alpha value is 0.220. The Labute approximate surface area is 175 Å². The monoisotopic (exact) mass is 619 g/mol. The van der Waals surface area contributed by atoms with Gasteiger partial charge in [0.05, 0.1) is 10.7 Å². The molecule has 0 aliphatic carbocycles. The molecular formula is C15H8Br4ClFNOP. The molecule has 0 unspecified atom stereocenters. The van der Waals surface area contributed by atoms with Gasteiger partial charge in [-0.15, -0.1) is 0 Å². The summed E-state index contributed by atoms with van der Waals surface area (Å²) < 4.78 is 22.6. The van der Waals surface area contributed by atoms with E-state index in [2.05, 4.69) is 67.4 Å². The fourth-order valence-electron chi connectivity index (χ4n) is 1.95. The Balaban J connectivity index is 0.000000368. The zero-order valence-electron chi connectivity index (χ0n) is 11.7. The van der Waals surface area contributed by atoms with Crippen LogP contribution in [0.1, 0.15) is 0 Å². The van der Waals surface area contributed by atoms with Crippen LogP contribution in [0.25, 0.3) is 22.2 Å². The molecule has 0 aliphatic rings. The third kappa shape index (κ3) is 5.89. The van der Waals surface area contributed by atoms with E-state index in [0.717, 1.165) is 10.0 Å². The van der Waals surface area contributed by atoms with Crippen LogP contribution in [0.3, 0.4) is 0 Å². The number of benzene rings is 2. The molecule has 24 heavy (non-hydrogen) atoms. The van der Waals surface area contributed by atoms with E-state index in [4.69, 9.17) is 11.6 Å². The van der Waals surface area contributed by atoms with Crippen molar-refractivity contribution in [3.05, 3.63) is 63.8 Å². The number of fused-ring (bicyclic) bond motifs is 1. The highest BCUT2D eigenvalue weighted by atomic mass is 80.0. The van der Waals surface area contributed by atoms with Gasteiger partial charge in [-0.3, -0.25) is 4.57 Å². The Kier molecular flexibility index (Phi) is 7.48. The maximum Gasteiger partial charge on any atom is 0.268 e. The second-order valence-electron chi connectivity index (χ2n) is 4.51. The molecule has 1 heterocycles. The maximum atomic E-state index is 14.1. The van der Waals surface area contributed by atoms with Crippen LogP contribution >= 0.6 is 77.2 Å². The fraction of sp³-hybridized carbons (Fsp3) is 0. The fourth-order valence-corrected chi connectivity index (χ4v) is 2.64. The van der Waals surface area contributed by atoms with Gasteiger partial charge in [0.1, 0.15) is 5.52 Å². The predicted octanol–water partition coefficient (Wildman–Crippen LogP) is 8.74. The van der Waals surface area contributed by atoms with Crippen molar-refractivity contribution in [3.8, 4) is 11.3 Å². The van der Waals surface area contributed by atoms with Crippen LogP contribution in [0.2, 0.25) is 5.02 Å². The summed E-state index contributed by atoms with van der Waals surface area (Å²) in [5.41, 5.74) is 1.92. The van der Waals surface area contributed by atoms with E-state index in [0.29, 0.717) is 11.1 Å². The molecule has 0 spiro atoms. The lowest BCUT2D eigenvalue weighted by molar-refractivity contribution is 0.603. The van der Waals surface area contributed by atoms with Crippen LogP contribution in [0.15, 0.2) is 53.0 Å². The van der Waals surface area contributed by atoms with Crippen LogP contribution in [-0.2, 0) is 4.57 Å². The van der Waals surface area contributed by atoms with Crippen molar-refractivity contribution < 1.29 is 8.96 Å². The van der Waals surface area contributed by atoms with Crippen molar-refractivity contribution in [2.24, 2.45) is 0 Å². The highest BCUT2D eigenvalue weighted by Crippen LogP contribution is 2.68. The van der Waals surface area contributed by atoms with Gasteiger partial charge in [-0.05, 0) is 18.2 Å². The summed E-state index contributed by atoms with van der Waals surface area (Å²) in [6.07, 6.45) is 0. The third-order valence-corrected chi connectivity index (χ3v) is 3.84. The van der Waals surface area contributed by atoms with Gasteiger partial charge in [-0.1, -0.05) is 57.9 Å². The molecule has 0 amide bonds. The summed E-state index contributed by atoms with van der Waals surface area (Å²) >= 11 is 17.6. The van der Waals surface area contributed by atoms with Crippen LogP contribution in [0, 0.1) is 5.82 Å². The van der Waals surface area contributed by atoms with Crippen molar-refractivity contribution in [3.63, 3.8) is 0 Å². The molecule has 0 N–H and O–H groups in total. The van der Waals surface area contributed by atoms with E-state index in [-0.39, 0.29) is 10.5 Å². The van der Waals surface area contributed by atoms with Gasteiger partial charge in [0.2, 0.25) is 0 Å². The second-order valence-corrected chi connectivity index (χ2v) is 24.1. The summed E-state index contributed by atoms with van der Waals surface area (Å²) in [6, 6.07) is 14.8. The Bertz CT molecular complexity index is 912. The first kappa shape index (κ1) is 20.5. The topological polar surface area (TPSA) is 30.0 Å². The SMILES string of the molecule is Fc1c(Cl)ccc2c(Br)cc(-c3ccccc3)nc12.O=P(Br)(Br)Br. The molecule has 126 valence electrons. The number of hydrogen-bond donors (Lipinski definition) is 0. The lowest BCUT2D eigenvalue weighted by Gasteiger charge is -2.07. The first-order chi connectivity index (χ1) is 11.2. The van der Waals surface area contributed by atoms with Crippen LogP contribution in [0.4, 0.5) is 4.39 Å². The number of aromatic nitrogens is 1. The molecule has 0 fully saturated rings. The summed E-state index contributed by atoms with van der Waals surface area (Å²) in [5.74, 6) is -0.488. The molecule has 0 atom stereocenters.